The lowest BCUT2D eigenvalue weighted by atomic mass is 10.1. The highest BCUT2D eigenvalue weighted by molar-refractivity contribution is 5.93. The number of carboxylic acid groups (broad SMARTS) is 1. The van der Waals surface area contributed by atoms with Crippen LogP contribution < -0.4 is 0 Å². The molecule has 0 unspecified atom stereocenters. The fourth-order valence-electron chi connectivity index (χ4n) is 3.17. The molecular formula is C19H24N4O3. The Kier molecular flexibility index (Phi) is 5.68. The number of benzene rings is 1. The lowest BCUT2D eigenvalue weighted by Crippen LogP contribution is -2.48. The number of hydrogen-bond donors (Lipinski definition) is 1. The third-order valence-corrected chi connectivity index (χ3v) is 4.58. The summed E-state index contributed by atoms with van der Waals surface area (Å²) in [5, 5.41) is 12.8. The molecule has 138 valence electrons. The molecule has 1 aromatic carbocycles. The van der Waals surface area contributed by atoms with Crippen molar-refractivity contribution in [1.29, 1.82) is 0 Å². The van der Waals surface area contributed by atoms with Crippen molar-refractivity contribution in [3.63, 3.8) is 0 Å². The number of amides is 1. The van der Waals surface area contributed by atoms with Gasteiger partial charge < -0.3 is 10.0 Å². The summed E-state index contributed by atoms with van der Waals surface area (Å²) < 4.78 is 1.51. The Morgan fingerprint density at radius 1 is 1.19 bits per heavy atom. The second-order valence-electron chi connectivity index (χ2n) is 6.69. The highest BCUT2D eigenvalue weighted by Crippen LogP contribution is 2.12. The number of carbonyl (C=O) groups excluding carboxylic acids is 1. The Labute approximate surface area is 152 Å². The lowest BCUT2D eigenvalue weighted by molar-refractivity contribution is -0.137. The number of aryl methyl sites for hydroxylation is 2. The molecule has 3 rings (SSSR count). The molecule has 0 atom stereocenters. The number of carbonyl (C=O) groups is 2. The van der Waals surface area contributed by atoms with Crippen LogP contribution in [0.5, 0.6) is 0 Å². The molecule has 0 radical (unpaired) electrons. The summed E-state index contributed by atoms with van der Waals surface area (Å²) in [7, 11) is 0. The van der Waals surface area contributed by atoms with Crippen LogP contribution in [0.3, 0.4) is 0 Å². The third-order valence-electron chi connectivity index (χ3n) is 4.58. The molecule has 0 spiro atoms. The van der Waals surface area contributed by atoms with Crippen LogP contribution >= 0.6 is 0 Å². The van der Waals surface area contributed by atoms with Gasteiger partial charge in [0, 0.05) is 38.9 Å². The molecule has 0 aliphatic carbocycles. The van der Waals surface area contributed by atoms with Gasteiger partial charge in [0.2, 0.25) is 0 Å². The predicted octanol–water partition coefficient (Wildman–Crippen LogP) is 1.62. The van der Waals surface area contributed by atoms with Crippen LogP contribution in [0.4, 0.5) is 0 Å². The van der Waals surface area contributed by atoms with Crippen molar-refractivity contribution in [2.75, 3.05) is 26.2 Å². The van der Waals surface area contributed by atoms with Crippen LogP contribution in [0.15, 0.2) is 36.7 Å². The zero-order valence-corrected chi connectivity index (χ0v) is 15.0. The molecular weight excluding hydrogens is 332 g/mol. The van der Waals surface area contributed by atoms with Gasteiger partial charge >= 0.3 is 5.97 Å². The summed E-state index contributed by atoms with van der Waals surface area (Å²) in [6.45, 7) is 6.32. The van der Waals surface area contributed by atoms with Crippen LogP contribution in [0.25, 0.3) is 0 Å². The molecule has 7 heteroatoms. The lowest BCUT2D eigenvalue weighted by Gasteiger charge is -2.34. The maximum atomic E-state index is 12.6. The first-order valence-corrected chi connectivity index (χ1v) is 8.83. The average Bonchev–Trinajstić information content (AvgIpc) is 3.09. The standard InChI is InChI=1S/C19H24N4O3/c1-15-3-2-4-16(11-15)13-21-7-9-22(10-8-21)19(26)17-12-20-23(14-17)6-5-18(24)25/h2-4,11-12,14H,5-10,13H2,1H3,(H,24,25). The van der Waals surface area contributed by atoms with E-state index in [0.717, 1.165) is 19.6 Å². The van der Waals surface area contributed by atoms with E-state index in [0.29, 0.717) is 18.7 Å². The van der Waals surface area contributed by atoms with E-state index in [9.17, 15) is 9.59 Å². The van der Waals surface area contributed by atoms with Crippen molar-refractivity contribution in [2.24, 2.45) is 0 Å². The average molecular weight is 356 g/mol. The number of nitrogens with zero attached hydrogens (tertiary/aromatic N) is 4. The number of aliphatic carboxylic acids is 1. The van der Waals surface area contributed by atoms with Gasteiger partial charge in [-0.2, -0.15) is 5.10 Å². The highest BCUT2D eigenvalue weighted by atomic mass is 16.4. The molecule has 1 aromatic heterocycles. The molecule has 2 heterocycles. The van der Waals surface area contributed by atoms with Crippen molar-refractivity contribution >= 4 is 11.9 Å². The van der Waals surface area contributed by atoms with Gasteiger partial charge in [-0.15, -0.1) is 0 Å². The molecule has 7 nitrogen and oxygen atoms in total. The van der Waals surface area contributed by atoms with Crippen molar-refractivity contribution in [2.45, 2.75) is 26.4 Å². The summed E-state index contributed by atoms with van der Waals surface area (Å²) in [4.78, 5) is 27.4. The largest absolute Gasteiger partial charge is 0.481 e. The Balaban J connectivity index is 1.51. The molecule has 1 aliphatic rings. The molecule has 1 saturated heterocycles. The summed E-state index contributed by atoms with van der Waals surface area (Å²) >= 11 is 0. The molecule has 1 fully saturated rings. The first-order chi connectivity index (χ1) is 12.5. The minimum Gasteiger partial charge on any atom is -0.481 e. The number of carboxylic acids is 1. The first kappa shape index (κ1) is 18.1. The van der Waals surface area contributed by atoms with E-state index in [1.165, 1.54) is 22.0 Å². The van der Waals surface area contributed by atoms with Crippen LogP contribution in [0.1, 0.15) is 27.9 Å². The Bertz CT molecular complexity index is 779. The topological polar surface area (TPSA) is 78.7 Å². The van der Waals surface area contributed by atoms with Crippen molar-refractivity contribution in [1.82, 2.24) is 19.6 Å². The van der Waals surface area contributed by atoms with Crippen LogP contribution in [-0.4, -0.2) is 62.7 Å². The molecule has 1 N–H and O–H groups in total. The molecule has 26 heavy (non-hydrogen) atoms. The SMILES string of the molecule is Cc1cccc(CN2CCN(C(=O)c3cnn(CCC(=O)O)c3)CC2)c1. The van der Waals surface area contributed by atoms with Crippen LogP contribution in [0.2, 0.25) is 0 Å². The second-order valence-corrected chi connectivity index (χ2v) is 6.69. The number of hydrogen-bond acceptors (Lipinski definition) is 4. The molecule has 1 amide bonds. The van der Waals surface area contributed by atoms with Gasteiger partial charge in [0.1, 0.15) is 0 Å². The fourth-order valence-corrected chi connectivity index (χ4v) is 3.17. The molecule has 0 bridgehead atoms. The summed E-state index contributed by atoms with van der Waals surface area (Å²) in [6.07, 6.45) is 3.14. The van der Waals surface area contributed by atoms with Gasteiger partial charge in [0.15, 0.2) is 0 Å². The smallest absolute Gasteiger partial charge is 0.305 e. The minimum atomic E-state index is -0.877. The zero-order chi connectivity index (χ0) is 18.5. The third kappa shape index (κ3) is 4.70. The van der Waals surface area contributed by atoms with Crippen molar-refractivity contribution in [3.05, 3.63) is 53.3 Å². The maximum Gasteiger partial charge on any atom is 0.305 e. The Morgan fingerprint density at radius 3 is 2.65 bits per heavy atom. The van der Waals surface area contributed by atoms with Gasteiger partial charge in [-0.05, 0) is 12.5 Å². The molecule has 2 aromatic rings. The Hall–Kier alpha value is -2.67. The normalized spacial score (nSPS) is 15.2. The minimum absolute atomic E-state index is 0.00700. The van der Waals surface area contributed by atoms with Crippen LogP contribution in [0, 0.1) is 6.92 Å². The highest BCUT2D eigenvalue weighted by Gasteiger charge is 2.23. The van der Waals surface area contributed by atoms with Gasteiger partial charge in [-0.1, -0.05) is 29.8 Å². The van der Waals surface area contributed by atoms with E-state index in [1.807, 2.05) is 4.90 Å². The summed E-state index contributed by atoms with van der Waals surface area (Å²) in [5.41, 5.74) is 3.07. The maximum absolute atomic E-state index is 12.6. The van der Waals surface area contributed by atoms with E-state index in [4.69, 9.17) is 5.11 Å². The van der Waals surface area contributed by atoms with Crippen molar-refractivity contribution < 1.29 is 14.7 Å². The van der Waals surface area contributed by atoms with E-state index in [1.54, 1.807) is 6.20 Å². The van der Waals surface area contributed by atoms with E-state index >= 15 is 0 Å². The second kappa shape index (κ2) is 8.14. The molecule has 0 saturated carbocycles. The monoisotopic (exact) mass is 356 g/mol. The van der Waals surface area contributed by atoms with Gasteiger partial charge in [0.25, 0.3) is 5.91 Å². The molecule has 1 aliphatic heterocycles. The Morgan fingerprint density at radius 2 is 1.96 bits per heavy atom. The first-order valence-electron chi connectivity index (χ1n) is 8.83. The van der Waals surface area contributed by atoms with Gasteiger partial charge in [-0.25, -0.2) is 0 Å². The van der Waals surface area contributed by atoms with Gasteiger partial charge in [0.05, 0.1) is 24.7 Å². The van der Waals surface area contributed by atoms with Gasteiger partial charge in [-0.3, -0.25) is 19.2 Å². The number of piperazine rings is 1. The van der Waals surface area contributed by atoms with E-state index in [-0.39, 0.29) is 18.9 Å². The number of aromatic nitrogens is 2. The van der Waals surface area contributed by atoms with Crippen LogP contribution in [-0.2, 0) is 17.9 Å². The summed E-state index contributed by atoms with van der Waals surface area (Å²) in [6, 6.07) is 8.50. The quantitative estimate of drug-likeness (QED) is 0.851. The number of rotatable bonds is 6. The zero-order valence-electron chi connectivity index (χ0n) is 15.0. The predicted molar refractivity (Wildman–Crippen MR) is 96.8 cm³/mol. The fraction of sp³-hybridized carbons (Fsp3) is 0.421. The van der Waals surface area contributed by atoms with E-state index in [2.05, 4.69) is 41.2 Å². The van der Waals surface area contributed by atoms with Crippen molar-refractivity contribution in [3.8, 4) is 0 Å². The summed E-state index contributed by atoms with van der Waals surface area (Å²) in [5.74, 6) is -0.917. The van der Waals surface area contributed by atoms with E-state index < -0.39 is 5.97 Å².